The Labute approximate surface area is 208 Å². The molecule has 190 valence electrons. The summed E-state index contributed by atoms with van der Waals surface area (Å²) in [6, 6.07) is 5.73. The molecule has 0 bridgehead atoms. The highest BCUT2D eigenvalue weighted by Crippen LogP contribution is 2.68. The molecule has 1 aromatic heterocycles. The molecule has 6 heteroatoms. The number of ketones is 1. The average Bonchev–Trinajstić information content (AvgIpc) is 3.39. The molecule has 0 unspecified atom stereocenters. The lowest BCUT2D eigenvalue weighted by molar-refractivity contribution is -0.151. The van der Waals surface area contributed by atoms with Gasteiger partial charge in [0.15, 0.2) is 5.78 Å². The number of methoxy groups -OCH3 is 1. The molecule has 35 heavy (non-hydrogen) atoms. The van der Waals surface area contributed by atoms with Gasteiger partial charge in [-0.2, -0.15) is 0 Å². The number of nitrogens with zero attached hydrogens (tertiary/aromatic N) is 3. The van der Waals surface area contributed by atoms with Crippen LogP contribution in [0.4, 0.5) is 0 Å². The second kappa shape index (κ2) is 8.03. The Morgan fingerprint density at radius 2 is 1.86 bits per heavy atom. The topological polar surface area (TPSA) is 77.2 Å². The molecule has 4 saturated carbocycles. The van der Waals surface area contributed by atoms with Crippen molar-refractivity contribution in [3.63, 3.8) is 0 Å². The molecule has 1 aromatic carbocycles. The number of aliphatic hydroxyl groups is 1. The van der Waals surface area contributed by atoms with Gasteiger partial charge in [0.25, 0.3) is 0 Å². The molecule has 1 heterocycles. The summed E-state index contributed by atoms with van der Waals surface area (Å²) in [5, 5.41) is 19.3. The maximum absolute atomic E-state index is 13.7. The third kappa shape index (κ3) is 3.57. The second-order valence-electron chi connectivity index (χ2n) is 13.1. The van der Waals surface area contributed by atoms with Gasteiger partial charge in [-0.1, -0.05) is 19.1 Å². The van der Waals surface area contributed by atoms with E-state index >= 15 is 0 Å². The number of rotatable bonds is 4. The zero-order valence-electron chi connectivity index (χ0n) is 21.8. The number of hydrogen-bond acceptors (Lipinski definition) is 5. The fourth-order valence-corrected chi connectivity index (χ4v) is 9.41. The van der Waals surface area contributed by atoms with E-state index in [0.29, 0.717) is 29.6 Å². The summed E-state index contributed by atoms with van der Waals surface area (Å²) < 4.78 is 7.08. The molecule has 8 atom stereocenters. The van der Waals surface area contributed by atoms with Gasteiger partial charge in [0, 0.05) is 12.0 Å². The minimum absolute atomic E-state index is 0.0984. The second-order valence-corrected chi connectivity index (χ2v) is 13.1. The number of fused-ring (bicyclic) bond motifs is 6. The van der Waals surface area contributed by atoms with Crippen molar-refractivity contribution < 1.29 is 14.6 Å². The zero-order valence-corrected chi connectivity index (χ0v) is 21.8. The van der Waals surface area contributed by atoms with Crippen LogP contribution in [0, 0.1) is 40.4 Å². The van der Waals surface area contributed by atoms with E-state index in [1.54, 1.807) is 11.8 Å². The van der Waals surface area contributed by atoms with Gasteiger partial charge in [-0.3, -0.25) is 4.79 Å². The molecule has 4 fully saturated rings. The summed E-state index contributed by atoms with van der Waals surface area (Å²) >= 11 is 0. The van der Waals surface area contributed by atoms with Crippen LogP contribution < -0.4 is 4.74 Å². The van der Waals surface area contributed by atoms with E-state index in [2.05, 4.69) is 24.2 Å². The van der Waals surface area contributed by atoms with Gasteiger partial charge in [-0.05, 0) is 111 Å². The highest BCUT2D eigenvalue weighted by atomic mass is 16.5. The molecule has 0 aliphatic heterocycles. The first-order chi connectivity index (χ1) is 16.6. The number of aromatic nitrogens is 3. The van der Waals surface area contributed by atoms with E-state index in [0.717, 1.165) is 60.7 Å². The molecule has 4 aliphatic rings. The predicted molar refractivity (Wildman–Crippen MR) is 135 cm³/mol. The van der Waals surface area contributed by atoms with Crippen molar-refractivity contribution >= 4 is 16.8 Å². The summed E-state index contributed by atoms with van der Waals surface area (Å²) in [5.74, 6) is 3.97. The van der Waals surface area contributed by atoms with Crippen LogP contribution >= 0.6 is 0 Å². The van der Waals surface area contributed by atoms with E-state index < -0.39 is 5.60 Å². The SMILES string of the molecule is COc1ccc2c(c1)nnn2CC(=O)[C@H]1CC[C@H]2[C@@H]3CC[C@@H]4C[C@](C)(O)CC[C@]4(C)[C@H]3CC[C@]12C. The van der Waals surface area contributed by atoms with Crippen molar-refractivity contribution in [1.82, 2.24) is 15.0 Å². The van der Waals surface area contributed by atoms with Crippen LogP contribution in [-0.2, 0) is 11.3 Å². The Morgan fingerprint density at radius 1 is 1.06 bits per heavy atom. The Kier molecular flexibility index (Phi) is 5.38. The zero-order chi connectivity index (χ0) is 24.6. The average molecular weight is 480 g/mol. The molecule has 0 spiro atoms. The number of benzene rings is 1. The lowest BCUT2D eigenvalue weighted by Crippen LogP contribution is -2.55. The minimum atomic E-state index is -0.484. The quantitative estimate of drug-likeness (QED) is 0.634. The van der Waals surface area contributed by atoms with Gasteiger partial charge in [0.2, 0.25) is 0 Å². The predicted octanol–water partition coefficient (Wildman–Crippen LogP) is 5.42. The van der Waals surface area contributed by atoms with Crippen LogP contribution in [0.5, 0.6) is 5.75 Å². The van der Waals surface area contributed by atoms with Crippen molar-refractivity contribution in [1.29, 1.82) is 0 Å². The Bertz CT molecular complexity index is 1140. The van der Waals surface area contributed by atoms with Gasteiger partial charge in [-0.15, -0.1) is 5.10 Å². The molecule has 4 aliphatic carbocycles. The van der Waals surface area contributed by atoms with Crippen LogP contribution in [-0.4, -0.2) is 38.6 Å². The van der Waals surface area contributed by atoms with Crippen molar-refractivity contribution in [2.24, 2.45) is 40.4 Å². The van der Waals surface area contributed by atoms with E-state index in [-0.39, 0.29) is 11.3 Å². The van der Waals surface area contributed by atoms with Crippen LogP contribution in [0.25, 0.3) is 11.0 Å². The van der Waals surface area contributed by atoms with Crippen molar-refractivity contribution in [3.05, 3.63) is 18.2 Å². The Hall–Kier alpha value is -1.95. The summed E-state index contributed by atoms with van der Waals surface area (Å²) in [4.78, 5) is 13.7. The Morgan fingerprint density at radius 3 is 2.66 bits per heavy atom. The maximum atomic E-state index is 13.7. The van der Waals surface area contributed by atoms with Crippen molar-refractivity contribution in [2.45, 2.75) is 90.7 Å². The molecule has 6 nitrogen and oxygen atoms in total. The third-order valence-corrected chi connectivity index (χ3v) is 11.4. The standard InChI is InChI=1S/C29H41N3O3/c1-27(34)13-14-28(2)18(16-27)5-7-20-21-8-9-23(29(21,3)12-11-22(20)28)26(33)17-32-25-10-6-19(35-4)15-24(25)30-31-32/h6,10,15,18,20-23,34H,5,7-9,11-14,16-17H2,1-4H3/t18-,20+,21+,22+,23-,27-,28+,29+/m1/s1. The number of Topliss-reactive ketones (excluding diaryl/α,β-unsaturated/α-hetero) is 1. The maximum Gasteiger partial charge on any atom is 0.157 e. The number of hydrogen-bond donors (Lipinski definition) is 1. The normalized spacial score (nSPS) is 42.8. The van der Waals surface area contributed by atoms with Crippen LogP contribution in [0.15, 0.2) is 18.2 Å². The van der Waals surface area contributed by atoms with Crippen LogP contribution in [0.3, 0.4) is 0 Å². The van der Waals surface area contributed by atoms with Gasteiger partial charge in [0.05, 0.1) is 18.2 Å². The van der Waals surface area contributed by atoms with Crippen molar-refractivity contribution in [2.75, 3.05) is 7.11 Å². The van der Waals surface area contributed by atoms with Gasteiger partial charge < -0.3 is 9.84 Å². The summed E-state index contributed by atoms with van der Waals surface area (Å²) in [5.41, 5.74) is 1.63. The van der Waals surface area contributed by atoms with E-state index in [1.807, 2.05) is 25.1 Å². The Balaban J connectivity index is 1.21. The first-order valence-corrected chi connectivity index (χ1v) is 13.8. The number of ether oxygens (including phenoxy) is 1. The molecule has 0 amide bonds. The highest BCUT2D eigenvalue weighted by Gasteiger charge is 2.61. The van der Waals surface area contributed by atoms with E-state index in [1.165, 1.54) is 25.7 Å². The van der Waals surface area contributed by atoms with Crippen molar-refractivity contribution in [3.8, 4) is 5.75 Å². The monoisotopic (exact) mass is 479 g/mol. The van der Waals surface area contributed by atoms with Crippen LogP contribution in [0.2, 0.25) is 0 Å². The summed E-state index contributed by atoms with van der Waals surface area (Å²) in [6.45, 7) is 7.31. The fourth-order valence-electron chi connectivity index (χ4n) is 9.41. The molecular weight excluding hydrogens is 438 g/mol. The number of carbonyl (C=O) groups excluding carboxylic acids is 1. The third-order valence-electron chi connectivity index (χ3n) is 11.4. The molecule has 6 rings (SSSR count). The summed E-state index contributed by atoms with van der Waals surface area (Å²) in [6.07, 6.45) is 10.2. The molecule has 0 radical (unpaired) electrons. The lowest BCUT2D eigenvalue weighted by Gasteiger charge is -2.61. The van der Waals surface area contributed by atoms with Gasteiger partial charge in [-0.25, -0.2) is 4.68 Å². The summed E-state index contributed by atoms with van der Waals surface area (Å²) in [7, 11) is 1.64. The molecule has 0 saturated heterocycles. The molecule has 2 aromatic rings. The first kappa shape index (κ1) is 23.4. The fraction of sp³-hybridized carbons (Fsp3) is 0.759. The lowest BCUT2D eigenvalue weighted by atomic mass is 9.44. The smallest absolute Gasteiger partial charge is 0.157 e. The van der Waals surface area contributed by atoms with Gasteiger partial charge in [0.1, 0.15) is 17.8 Å². The molecular formula is C29H41N3O3. The van der Waals surface area contributed by atoms with Crippen LogP contribution in [0.1, 0.15) is 78.6 Å². The largest absolute Gasteiger partial charge is 0.497 e. The first-order valence-electron chi connectivity index (χ1n) is 13.8. The van der Waals surface area contributed by atoms with E-state index in [4.69, 9.17) is 4.74 Å². The van der Waals surface area contributed by atoms with E-state index in [9.17, 15) is 9.90 Å². The molecule has 1 N–H and O–H groups in total. The minimum Gasteiger partial charge on any atom is -0.497 e. The highest BCUT2D eigenvalue weighted by molar-refractivity contribution is 5.84. The number of carbonyl (C=O) groups is 1. The van der Waals surface area contributed by atoms with Gasteiger partial charge >= 0.3 is 0 Å².